The Morgan fingerprint density at radius 3 is 2.86 bits per heavy atom. The molecule has 0 radical (unpaired) electrons. The lowest BCUT2D eigenvalue weighted by atomic mass is 9.88. The topological polar surface area (TPSA) is 12.0 Å². The van der Waals surface area contributed by atoms with Gasteiger partial charge in [0.15, 0.2) is 0 Å². The fraction of sp³-hybridized carbons (Fsp3) is 0.400. The first-order valence-electron chi connectivity index (χ1n) is 8.01. The van der Waals surface area contributed by atoms with Crippen LogP contribution in [0.25, 0.3) is 0 Å². The van der Waals surface area contributed by atoms with Gasteiger partial charge in [0.05, 0.1) is 0 Å². The minimum absolute atomic E-state index is 0.599. The molecule has 1 unspecified atom stereocenters. The molecule has 1 nitrogen and oxygen atoms in total. The van der Waals surface area contributed by atoms with E-state index in [0.29, 0.717) is 5.92 Å². The van der Waals surface area contributed by atoms with Gasteiger partial charge in [-0.25, -0.2) is 0 Å². The monoisotopic (exact) mass is 283 g/mol. The van der Waals surface area contributed by atoms with E-state index in [2.05, 4.69) is 56.1 Å². The zero-order valence-electron chi connectivity index (χ0n) is 13.5. The average Bonchev–Trinajstić information content (AvgIpc) is 2.51. The van der Waals surface area contributed by atoms with Crippen LogP contribution in [0.3, 0.4) is 0 Å². The van der Waals surface area contributed by atoms with Crippen LogP contribution >= 0.6 is 0 Å². The minimum Gasteiger partial charge on any atom is -0.385 e. The summed E-state index contributed by atoms with van der Waals surface area (Å²) < 4.78 is 0. The van der Waals surface area contributed by atoms with Crippen LogP contribution in [0.2, 0.25) is 0 Å². The van der Waals surface area contributed by atoms with Crippen LogP contribution < -0.4 is 5.32 Å². The molecule has 0 saturated heterocycles. The number of allylic oxidation sites excluding steroid dienone is 10. The molecule has 0 saturated carbocycles. The van der Waals surface area contributed by atoms with Gasteiger partial charge in [0.2, 0.25) is 0 Å². The average molecular weight is 283 g/mol. The van der Waals surface area contributed by atoms with E-state index in [1.807, 2.05) is 18.2 Å². The van der Waals surface area contributed by atoms with Crippen molar-refractivity contribution in [1.82, 2.24) is 5.32 Å². The Morgan fingerprint density at radius 2 is 2.19 bits per heavy atom. The van der Waals surface area contributed by atoms with Crippen LogP contribution in [-0.2, 0) is 0 Å². The summed E-state index contributed by atoms with van der Waals surface area (Å²) in [5, 5.41) is 3.44. The summed E-state index contributed by atoms with van der Waals surface area (Å²) in [5.41, 5.74) is 2.68. The van der Waals surface area contributed by atoms with Crippen molar-refractivity contribution in [2.24, 2.45) is 5.92 Å². The first-order valence-corrected chi connectivity index (χ1v) is 8.01. The molecule has 114 valence electrons. The fourth-order valence-corrected chi connectivity index (χ4v) is 2.45. The number of hydrogen-bond donors (Lipinski definition) is 1. The molecule has 1 atom stereocenters. The highest BCUT2D eigenvalue weighted by atomic mass is 14.9. The normalized spacial score (nSPS) is 20.4. The molecule has 0 aliphatic heterocycles. The molecule has 0 amide bonds. The van der Waals surface area contributed by atoms with Crippen molar-refractivity contribution in [3.63, 3.8) is 0 Å². The predicted molar refractivity (Wildman–Crippen MR) is 95.1 cm³/mol. The molecule has 1 aliphatic carbocycles. The van der Waals surface area contributed by atoms with Crippen molar-refractivity contribution in [2.45, 2.75) is 39.5 Å². The molecule has 0 aromatic carbocycles. The maximum absolute atomic E-state index is 3.64. The zero-order chi connectivity index (χ0) is 15.3. The summed E-state index contributed by atoms with van der Waals surface area (Å²) in [4.78, 5) is 0. The highest BCUT2D eigenvalue weighted by Gasteiger charge is 2.11. The van der Waals surface area contributed by atoms with Gasteiger partial charge >= 0.3 is 0 Å². The third kappa shape index (κ3) is 7.55. The van der Waals surface area contributed by atoms with Crippen molar-refractivity contribution in [3.05, 3.63) is 72.5 Å². The first-order chi connectivity index (χ1) is 10.3. The second-order valence-electron chi connectivity index (χ2n) is 5.33. The molecule has 0 aromatic rings. The fourth-order valence-electron chi connectivity index (χ4n) is 2.45. The molecule has 1 aliphatic rings. The second kappa shape index (κ2) is 11.0. The van der Waals surface area contributed by atoms with Crippen LogP contribution in [0, 0.1) is 5.92 Å². The van der Waals surface area contributed by atoms with Gasteiger partial charge in [-0.3, -0.25) is 0 Å². The molecule has 1 N–H and O–H groups in total. The molecule has 0 fully saturated rings. The van der Waals surface area contributed by atoms with Gasteiger partial charge in [-0.1, -0.05) is 62.1 Å². The molecule has 0 spiro atoms. The summed E-state index contributed by atoms with van der Waals surface area (Å²) in [6.07, 6.45) is 24.1. The summed E-state index contributed by atoms with van der Waals surface area (Å²) in [6.45, 7) is 8.84. The van der Waals surface area contributed by atoms with Gasteiger partial charge in [0.1, 0.15) is 0 Å². The van der Waals surface area contributed by atoms with Crippen LogP contribution in [0.1, 0.15) is 39.5 Å². The third-order valence-electron chi connectivity index (χ3n) is 3.50. The molecular formula is C20H29N. The lowest BCUT2D eigenvalue weighted by molar-refractivity contribution is 0.611. The van der Waals surface area contributed by atoms with Gasteiger partial charge in [-0.2, -0.15) is 0 Å². The maximum atomic E-state index is 3.64. The maximum Gasteiger partial charge on any atom is 0.0330 e. The van der Waals surface area contributed by atoms with E-state index < -0.39 is 0 Å². The van der Waals surface area contributed by atoms with Crippen LogP contribution in [0.4, 0.5) is 0 Å². The zero-order valence-corrected chi connectivity index (χ0v) is 13.5. The van der Waals surface area contributed by atoms with Crippen LogP contribution in [0.5, 0.6) is 0 Å². The Morgan fingerprint density at radius 1 is 1.33 bits per heavy atom. The van der Waals surface area contributed by atoms with Crippen molar-refractivity contribution in [2.75, 3.05) is 6.54 Å². The largest absolute Gasteiger partial charge is 0.385 e. The molecule has 1 rings (SSSR count). The molecular weight excluding hydrogens is 254 g/mol. The quantitative estimate of drug-likeness (QED) is 0.460. The van der Waals surface area contributed by atoms with Gasteiger partial charge in [0.25, 0.3) is 0 Å². The van der Waals surface area contributed by atoms with Gasteiger partial charge in [0, 0.05) is 18.2 Å². The number of hydrogen-bond acceptors (Lipinski definition) is 1. The molecule has 0 bridgehead atoms. The smallest absolute Gasteiger partial charge is 0.0330 e. The Labute approximate surface area is 130 Å². The van der Waals surface area contributed by atoms with E-state index in [-0.39, 0.29) is 0 Å². The summed E-state index contributed by atoms with van der Waals surface area (Å²) >= 11 is 0. The van der Waals surface area contributed by atoms with Gasteiger partial charge in [-0.05, 0) is 44.3 Å². The van der Waals surface area contributed by atoms with E-state index in [1.165, 1.54) is 30.5 Å². The van der Waals surface area contributed by atoms with Crippen molar-refractivity contribution in [1.29, 1.82) is 0 Å². The lowest BCUT2D eigenvalue weighted by Crippen LogP contribution is -2.12. The van der Waals surface area contributed by atoms with Gasteiger partial charge < -0.3 is 5.32 Å². The minimum atomic E-state index is 0.599. The summed E-state index contributed by atoms with van der Waals surface area (Å²) in [6, 6.07) is 0. The van der Waals surface area contributed by atoms with E-state index in [1.54, 1.807) is 6.08 Å². The highest BCUT2D eigenvalue weighted by Crippen LogP contribution is 2.26. The molecule has 0 aromatic heterocycles. The Balaban J connectivity index is 2.55. The number of rotatable bonds is 8. The summed E-state index contributed by atoms with van der Waals surface area (Å²) in [5.74, 6) is 0.599. The lowest BCUT2D eigenvalue weighted by Gasteiger charge is -2.18. The van der Waals surface area contributed by atoms with E-state index in [4.69, 9.17) is 0 Å². The number of nitrogens with one attached hydrogen (secondary N) is 1. The first kappa shape index (κ1) is 17.3. The van der Waals surface area contributed by atoms with Gasteiger partial charge in [-0.15, -0.1) is 0 Å². The van der Waals surface area contributed by atoms with Crippen LogP contribution in [0.15, 0.2) is 72.5 Å². The Bertz CT molecular complexity index is 446. The Kier molecular flexibility index (Phi) is 9.03. The SMILES string of the molecule is C=C/C=C\C=C/CN/C(C)=C/C(=C\CC)C1C=CCCC1. The van der Waals surface area contributed by atoms with Crippen LogP contribution in [-0.4, -0.2) is 6.54 Å². The van der Waals surface area contributed by atoms with E-state index in [9.17, 15) is 0 Å². The molecule has 0 heterocycles. The molecule has 1 heteroatoms. The Hall–Kier alpha value is -1.76. The van der Waals surface area contributed by atoms with Crippen molar-refractivity contribution < 1.29 is 0 Å². The third-order valence-corrected chi connectivity index (χ3v) is 3.50. The van der Waals surface area contributed by atoms with E-state index in [0.717, 1.165) is 13.0 Å². The highest BCUT2D eigenvalue weighted by molar-refractivity contribution is 5.29. The van der Waals surface area contributed by atoms with Crippen molar-refractivity contribution in [3.8, 4) is 0 Å². The molecule has 21 heavy (non-hydrogen) atoms. The van der Waals surface area contributed by atoms with E-state index >= 15 is 0 Å². The second-order valence-corrected chi connectivity index (χ2v) is 5.33. The van der Waals surface area contributed by atoms with Crippen molar-refractivity contribution >= 4 is 0 Å². The summed E-state index contributed by atoms with van der Waals surface area (Å²) in [7, 11) is 0. The standard InChI is InChI=1S/C20H29N/c1-4-6-7-8-12-16-21-18(3)17-20(13-5-2)19-14-10-9-11-15-19/h4,6-8,10,12-14,17,19,21H,1,5,9,11,15-16H2,2-3H3/b7-6-,12-8-,18-17+,20-13+. The predicted octanol–water partition coefficient (Wildman–Crippen LogP) is 5.47.